The molecular formula is C32H23F2N7O4S. The van der Waals surface area contributed by atoms with Crippen molar-refractivity contribution in [1.82, 2.24) is 24.9 Å². The van der Waals surface area contributed by atoms with E-state index >= 15 is 0 Å². The van der Waals surface area contributed by atoms with E-state index in [0.717, 1.165) is 5.56 Å². The number of carbonyl (C=O) groups is 2. The second kappa shape index (κ2) is 15.0. The fraction of sp³-hybridized carbons (Fsp3) is 0.0312. The summed E-state index contributed by atoms with van der Waals surface area (Å²) < 4.78 is 38.4. The van der Waals surface area contributed by atoms with E-state index in [1.54, 1.807) is 29.1 Å². The average molecular weight is 640 g/mol. The molecule has 6 rings (SSSR count). The molecule has 46 heavy (non-hydrogen) atoms. The van der Waals surface area contributed by atoms with Gasteiger partial charge in [0.2, 0.25) is 0 Å². The van der Waals surface area contributed by atoms with Crippen LogP contribution in [0.4, 0.5) is 20.2 Å². The molecule has 6 aromatic rings. The maximum atomic E-state index is 13.8. The lowest BCUT2D eigenvalue weighted by atomic mass is 10.1. The summed E-state index contributed by atoms with van der Waals surface area (Å²) in [7, 11) is 0. The molecule has 14 heteroatoms. The Hall–Kier alpha value is -6.15. The van der Waals surface area contributed by atoms with Crippen molar-refractivity contribution in [3.8, 4) is 23.0 Å². The zero-order chi connectivity index (χ0) is 32.3. The Morgan fingerprint density at radius 3 is 1.74 bits per heavy atom. The zero-order valence-corrected chi connectivity index (χ0v) is 24.7. The normalized spacial score (nSPS) is 10.2. The summed E-state index contributed by atoms with van der Waals surface area (Å²) in [5.41, 5.74) is 3.85. The van der Waals surface area contributed by atoms with E-state index in [-0.39, 0.29) is 28.8 Å². The number of thiazole rings is 1. The molecule has 2 N–H and O–H groups in total. The Balaban J connectivity index is 0.000000182. The van der Waals surface area contributed by atoms with E-state index in [1.807, 2.05) is 13.0 Å². The van der Waals surface area contributed by atoms with E-state index in [0.29, 0.717) is 22.7 Å². The lowest BCUT2D eigenvalue weighted by Gasteiger charge is -2.09. The summed E-state index contributed by atoms with van der Waals surface area (Å²) in [6.07, 6.45) is 8.55. The fourth-order valence-electron chi connectivity index (χ4n) is 3.85. The lowest BCUT2D eigenvalue weighted by molar-refractivity contribution is 0.101. The number of rotatable bonds is 8. The van der Waals surface area contributed by atoms with Crippen LogP contribution in [0.2, 0.25) is 0 Å². The molecule has 0 saturated carbocycles. The van der Waals surface area contributed by atoms with E-state index < -0.39 is 17.5 Å². The van der Waals surface area contributed by atoms with Crippen LogP contribution in [0.15, 0.2) is 109 Å². The molecule has 0 radical (unpaired) electrons. The van der Waals surface area contributed by atoms with Crippen molar-refractivity contribution < 1.29 is 27.8 Å². The smallest absolute Gasteiger partial charge is 0.275 e. The van der Waals surface area contributed by atoms with Crippen LogP contribution in [0.25, 0.3) is 0 Å². The molecule has 0 bridgehead atoms. The molecule has 3 aromatic carbocycles. The van der Waals surface area contributed by atoms with Gasteiger partial charge in [0.25, 0.3) is 11.8 Å². The number of nitrogens with zero attached hydrogens (tertiary/aromatic N) is 5. The van der Waals surface area contributed by atoms with Crippen molar-refractivity contribution in [2.45, 2.75) is 6.92 Å². The largest absolute Gasteiger partial charge is 0.454 e. The number of ether oxygens (including phenoxy) is 2. The molecule has 0 spiro atoms. The number of carbonyl (C=O) groups excluding carboxylic acids is 2. The van der Waals surface area contributed by atoms with E-state index in [4.69, 9.17) is 9.47 Å². The molecule has 11 nitrogen and oxygen atoms in total. The van der Waals surface area contributed by atoms with Crippen molar-refractivity contribution in [3.63, 3.8) is 0 Å². The number of hydrogen-bond acceptors (Lipinski definition) is 10. The molecule has 0 aliphatic rings. The minimum atomic E-state index is -0.539. The molecule has 0 fully saturated rings. The maximum Gasteiger partial charge on any atom is 0.275 e. The standard InChI is InChI=1S/C18H14FN3O2.C14H9FN4O2S/c1-12-3-2-4-13(5-12)18(23)22-15-6-14(19)7-16(8-15)24-17-9-20-11-21-10-17;15-9-1-10(19-14(20)13-6-22-8-18-13)3-11(2-9)21-12-4-16-7-17-5-12/h2-11H,1H3,(H,22,23);1-8H,(H,19,20). The van der Waals surface area contributed by atoms with Crippen LogP contribution >= 0.6 is 11.3 Å². The number of halogens is 2. The van der Waals surface area contributed by atoms with Crippen LogP contribution < -0.4 is 20.1 Å². The van der Waals surface area contributed by atoms with E-state index in [2.05, 4.69) is 35.6 Å². The van der Waals surface area contributed by atoms with Crippen molar-refractivity contribution in [2.75, 3.05) is 10.6 Å². The van der Waals surface area contributed by atoms with Gasteiger partial charge in [0.1, 0.15) is 41.5 Å². The van der Waals surface area contributed by atoms with Gasteiger partial charge in [-0.05, 0) is 31.2 Å². The summed E-state index contributed by atoms with van der Waals surface area (Å²) in [6.45, 7) is 1.90. The van der Waals surface area contributed by atoms with Gasteiger partial charge >= 0.3 is 0 Å². The number of hydrogen-bond donors (Lipinski definition) is 2. The monoisotopic (exact) mass is 639 g/mol. The van der Waals surface area contributed by atoms with Gasteiger partial charge in [0, 0.05) is 46.6 Å². The molecule has 0 atom stereocenters. The quantitative estimate of drug-likeness (QED) is 0.179. The molecule has 2 amide bonds. The third-order valence-corrected chi connectivity index (χ3v) is 6.34. The average Bonchev–Trinajstić information content (AvgIpc) is 3.58. The van der Waals surface area contributed by atoms with Crippen molar-refractivity contribution in [3.05, 3.63) is 137 Å². The van der Waals surface area contributed by atoms with Crippen molar-refractivity contribution in [1.29, 1.82) is 0 Å². The second-order valence-electron chi connectivity index (χ2n) is 9.36. The first-order chi connectivity index (χ1) is 22.3. The van der Waals surface area contributed by atoms with E-state index in [9.17, 15) is 18.4 Å². The van der Waals surface area contributed by atoms with Crippen LogP contribution in [0.3, 0.4) is 0 Å². The lowest BCUT2D eigenvalue weighted by Crippen LogP contribution is -2.12. The predicted molar refractivity (Wildman–Crippen MR) is 166 cm³/mol. The fourth-order valence-corrected chi connectivity index (χ4v) is 4.38. The van der Waals surface area contributed by atoms with E-state index in [1.165, 1.54) is 85.2 Å². The Bertz CT molecular complexity index is 1930. The molecule has 3 heterocycles. The number of anilines is 2. The minimum absolute atomic E-state index is 0.225. The highest BCUT2D eigenvalue weighted by Crippen LogP contribution is 2.26. The van der Waals surface area contributed by atoms with Crippen LogP contribution in [-0.4, -0.2) is 36.7 Å². The molecule has 230 valence electrons. The Morgan fingerprint density at radius 2 is 1.24 bits per heavy atom. The molecule has 3 aromatic heterocycles. The van der Waals surface area contributed by atoms with Gasteiger partial charge in [-0.3, -0.25) is 9.59 Å². The molecule has 0 aliphatic carbocycles. The van der Waals surface area contributed by atoms with Gasteiger partial charge in [-0.1, -0.05) is 17.7 Å². The first-order valence-electron chi connectivity index (χ1n) is 13.4. The summed E-state index contributed by atoms with van der Waals surface area (Å²) in [5.74, 6) is -0.595. The van der Waals surface area contributed by atoms with Gasteiger partial charge in [-0.15, -0.1) is 11.3 Å². The highest BCUT2D eigenvalue weighted by Gasteiger charge is 2.11. The van der Waals surface area contributed by atoms with Crippen LogP contribution in [0.1, 0.15) is 26.4 Å². The maximum absolute atomic E-state index is 13.8. The Kier molecular flexibility index (Phi) is 10.2. The van der Waals surface area contributed by atoms with Crippen molar-refractivity contribution in [2.24, 2.45) is 0 Å². The number of nitrogens with one attached hydrogen (secondary N) is 2. The summed E-state index contributed by atoms with van der Waals surface area (Å²) in [6, 6.07) is 15.0. The van der Waals surface area contributed by atoms with Gasteiger partial charge in [0.05, 0.1) is 30.3 Å². The topological polar surface area (TPSA) is 141 Å². The number of aryl methyl sites for hydroxylation is 1. The Labute approximate surface area is 265 Å². The van der Waals surface area contributed by atoms with Crippen LogP contribution in [0.5, 0.6) is 23.0 Å². The van der Waals surface area contributed by atoms with Crippen LogP contribution in [0, 0.1) is 18.6 Å². The first-order valence-corrected chi connectivity index (χ1v) is 14.3. The zero-order valence-electron chi connectivity index (χ0n) is 23.9. The van der Waals surface area contributed by atoms with Crippen molar-refractivity contribution >= 4 is 34.5 Å². The summed E-state index contributed by atoms with van der Waals surface area (Å²) in [5, 5.41) is 6.83. The predicted octanol–water partition coefficient (Wildman–Crippen LogP) is 7.09. The second-order valence-corrected chi connectivity index (χ2v) is 10.1. The number of amides is 2. The Morgan fingerprint density at radius 1 is 0.696 bits per heavy atom. The molecular weight excluding hydrogens is 616 g/mol. The SMILES string of the molecule is Cc1cccc(C(=O)Nc2cc(F)cc(Oc3cncnc3)c2)c1.O=C(Nc1cc(F)cc(Oc2cncnc2)c1)c1cscn1. The summed E-state index contributed by atoms with van der Waals surface area (Å²) >= 11 is 1.30. The summed E-state index contributed by atoms with van der Waals surface area (Å²) in [4.78, 5) is 43.3. The number of aromatic nitrogens is 5. The first kappa shape index (κ1) is 31.3. The van der Waals surface area contributed by atoms with Gasteiger partial charge in [-0.25, -0.2) is 33.7 Å². The van der Waals surface area contributed by atoms with Crippen LogP contribution in [-0.2, 0) is 0 Å². The molecule has 0 saturated heterocycles. The molecule has 0 unspecified atom stereocenters. The molecule has 0 aliphatic heterocycles. The number of benzene rings is 3. The highest BCUT2D eigenvalue weighted by molar-refractivity contribution is 7.07. The van der Waals surface area contributed by atoms with Gasteiger partial charge in [-0.2, -0.15) is 0 Å². The minimum Gasteiger partial charge on any atom is -0.454 e. The third kappa shape index (κ3) is 9.17. The highest BCUT2D eigenvalue weighted by atomic mass is 32.1. The third-order valence-electron chi connectivity index (χ3n) is 5.75. The van der Waals surface area contributed by atoms with Gasteiger partial charge in [0.15, 0.2) is 11.5 Å². The van der Waals surface area contributed by atoms with Gasteiger partial charge < -0.3 is 20.1 Å².